The van der Waals surface area contributed by atoms with E-state index < -0.39 is 41.5 Å². The summed E-state index contributed by atoms with van der Waals surface area (Å²) in [7, 11) is 0. The first-order valence-electron chi connectivity index (χ1n) is 11.8. The summed E-state index contributed by atoms with van der Waals surface area (Å²) in [6, 6.07) is 14.0. The Morgan fingerprint density at radius 1 is 1.05 bits per heavy atom. The highest BCUT2D eigenvalue weighted by atomic mass is 16.6. The largest absolute Gasteiger partial charge is 0.444 e. The molecular weight excluding hydrogens is 472 g/mol. The van der Waals surface area contributed by atoms with Crippen molar-refractivity contribution in [3.8, 4) is 12.5 Å². The van der Waals surface area contributed by atoms with Gasteiger partial charge in [-0.2, -0.15) is 0 Å². The van der Waals surface area contributed by atoms with Gasteiger partial charge in [-0.1, -0.05) is 54.5 Å². The van der Waals surface area contributed by atoms with Gasteiger partial charge in [0.1, 0.15) is 17.7 Å². The monoisotopic (exact) mass is 506 g/mol. The molecule has 0 saturated heterocycles. The Balaban J connectivity index is 2.46. The molecule has 2 rings (SSSR count). The van der Waals surface area contributed by atoms with Gasteiger partial charge in [0.05, 0.1) is 0 Å². The highest BCUT2D eigenvalue weighted by Gasteiger charge is 2.36. The Kier molecular flexibility index (Phi) is 9.83. The number of hydrogen-bond acceptors (Lipinski definition) is 5. The molecule has 2 atom stereocenters. The van der Waals surface area contributed by atoms with Crippen molar-refractivity contribution < 1.29 is 23.9 Å². The van der Waals surface area contributed by atoms with Crippen LogP contribution in [0, 0.1) is 26.3 Å². The molecule has 196 valence electrons. The average molecular weight is 507 g/mol. The first-order valence-corrected chi connectivity index (χ1v) is 11.8. The first kappa shape index (κ1) is 28.9. The smallest absolute Gasteiger partial charge is 0.408 e. The van der Waals surface area contributed by atoms with Gasteiger partial charge >= 0.3 is 6.09 Å². The van der Waals surface area contributed by atoms with Crippen molar-refractivity contribution in [2.45, 2.75) is 65.1 Å². The predicted octanol–water partition coefficient (Wildman–Crippen LogP) is 3.56. The standard InChI is InChI=1S/C28H34N4O5/c1-7-32(26(35)22(16-17-23(29)33)31-27(36)37-28(4,5)6)24(20-14-12-18(2)13-15-20)25(34)30-21-11-9-8-10-19(21)3/h1,8-15,22,24H,16-17H2,2-6H3,(H2,29,33)(H,30,34)(H,31,36). The van der Waals surface area contributed by atoms with Crippen molar-refractivity contribution in [1.29, 1.82) is 0 Å². The molecule has 4 N–H and O–H groups in total. The zero-order chi connectivity index (χ0) is 27.8. The van der Waals surface area contributed by atoms with Crippen LogP contribution in [0.4, 0.5) is 10.5 Å². The van der Waals surface area contributed by atoms with Gasteiger partial charge in [-0.15, -0.1) is 0 Å². The lowest BCUT2D eigenvalue weighted by Gasteiger charge is -2.30. The summed E-state index contributed by atoms with van der Waals surface area (Å²) in [6.45, 7) is 8.74. The summed E-state index contributed by atoms with van der Waals surface area (Å²) >= 11 is 0. The molecule has 0 aromatic heterocycles. The zero-order valence-corrected chi connectivity index (χ0v) is 21.8. The van der Waals surface area contributed by atoms with E-state index >= 15 is 0 Å². The molecule has 9 heteroatoms. The third kappa shape index (κ3) is 8.69. The molecule has 0 aliphatic rings. The van der Waals surface area contributed by atoms with Crippen molar-refractivity contribution >= 4 is 29.5 Å². The number of nitrogens with two attached hydrogens (primary N) is 1. The summed E-state index contributed by atoms with van der Waals surface area (Å²) in [5, 5.41) is 5.31. The van der Waals surface area contributed by atoms with Crippen LogP contribution in [-0.4, -0.2) is 40.4 Å². The number of amides is 4. The second-order valence-corrected chi connectivity index (χ2v) is 9.66. The van der Waals surface area contributed by atoms with Crippen molar-refractivity contribution in [3.63, 3.8) is 0 Å². The van der Waals surface area contributed by atoms with E-state index in [4.69, 9.17) is 16.9 Å². The lowest BCUT2D eigenvalue weighted by atomic mass is 10.0. The molecular formula is C28H34N4O5. The van der Waals surface area contributed by atoms with Crippen LogP contribution in [0.2, 0.25) is 0 Å². The number of hydrogen-bond donors (Lipinski definition) is 3. The number of anilines is 1. The molecule has 9 nitrogen and oxygen atoms in total. The van der Waals surface area contributed by atoms with Crippen molar-refractivity contribution in [1.82, 2.24) is 10.2 Å². The summed E-state index contributed by atoms with van der Waals surface area (Å²) in [6.07, 6.45) is 4.56. The number of nitrogens with zero attached hydrogens (tertiary/aromatic N) is 1. The van der Waals surface area contributed by atoms with Crippen LogP contribution in [0.5, 0.6) is 0 Å². The molecule has 2 unspecified atom stereocenters. The van der Waals surface area contributed by atoms with Gasteiger partial charge in [0.15, 0.2) is 0 Å². The molecule has 37 heavy (non-hydrogen) atoms. The topological polar surface area (TPSA) is 131 Å². The van der Waals surface area contributed by atoms with Crippen LogP contribution in [0.25, 0.3) is 0 Å². The average Bonchev–Trinajstić information content (AvgIpc) is 2.80. The van der Waals surface area contributed by atoms with Gasteiger partial charge in [0.25, 0.3) is 11.8 Å². The number of carbonyl (C=O) groups is 4. The molecule has 0 radical (unpaired) electrons. The fourth-order valence-electron chi connectivity index (χ4n) is 3.51. The molecule has 0 saturated carbocycles. The van der Waals surface area contributed by atoms with Crippen LogP contribution >= 0.6 is 0 Å². The summed E-state index contributed by atoms with van der Waals surface area (Å²) in [4.78, 5) is 52.1. The molecule has 0 spiro atoms. The van der Waals surface area contributed by atoms with E-state index in [1.165, 1.54) is 0 Å². The maximum absolute atomic E-state index is 13.7. The molecule has 0 bridgehead atoms. The number of nitrogens with one attached hydrogen (secondary N) is 2. The number of alkyl carbamates (subject to hydrolysis) is 1. The first-order chi connectivity index (χ1) is 17.3. The Morgan fingerprint density at radius 2 is 1.68 bits per heavy atom. The minimum Gasteiger partial charge on any atom is -0.444 e. The molecule has 0 aliphatic heterocycles. The second-order valence-electron chi connectivity index (χ2n) is 9.66. The highest BCUT2D eigenvalue weighted by molar-refractivity contribution is 6.00. The van der Waals surface area contributed by atoms with E-state index in [9.17, 15) is 19.2 Å². The fraction of sp³-hybridized carbons (Fsp3) is 0.357. The van der Waals surface area contributed by atoms with Gasteiger partial charge in [-0.25, -0.2) is 4.79 Å². The molecule has 0 aliphatic carbocycles. The molecule has 2 aromatic carbocycles. The minimum absolute atomic E-state index is 0.133. The van der Waals surface area contributed by atoms with Gasteiger partial charge < -0.3 is 21.1 Å². The Bertz CT molecular complexity index is 1180. The molecule has 4 amide bonds. The maximum Gasteiger partial charge on any atom is 0.408 e. The number of rotatable bonds is 9. The van der Waals surface area contributed by atoms with Crippen LogP contribution in [0.3, 0.4) is 0 Å². The number of para-hydroxylation sites is 1. The number of primary amides is 1. The van der Waals surface area contributed by atoms with Crippen LogP contribution in [0.1, 0.15) is 56.3 Å². The SMILES string of the molecule is C#CN(C(=O)C(CCC(N)=O)NC(=O)OC(C)(C)C)C(C(=O)Nc1ccccc1C)c1ccc(C)cc1. The predicted molar refractivity (Wildman–Crippen MR) is 141 cm³/mol. The zero-order valence-electron chi connectivity index (χ0n) is 21.8. The number of terminal acetylenes is 1. The van der Waals surface area contributed by atoms with Gasteiger partial charge in [-0.05, 0) is 58.2 Å². The summed E-state index contributed by atoms with van der Waals surface area (Å²) < 4.78 is 5.27. The van der Waals surface area contributed by atoms with Crippen molar-refractivity contribution in [2.24, 2.45) is 5.73 Å². The van der Waals surface area contributed by atoms with E-state index in [2.05, 4.69) is 16.7 Å². The van der Waals surface area contributed by atoms with Crippen LogP contribution in [0.15, 0.2) is 48.5 Å². The summed E-state index contributed by atoms with van der Waals surface area (Å²) in [5.74, 6) is -1.97. The lowest BCUT2D eigenvalue weighted by Crippen LogP contribution is -2.51. The minimum atomic E-state index is -1.27. The van der Waals surface area contributed by atoms with Crippen LogP contribution in [-0.2, 0) is 19.1 Å². The van der Waals surface area contributed by atoms with Gasteiger partial charge in [-0.3, -0.25) is 19.3 Å². The highest BCUT2D eigenvalue weighted by Crippen LogP contribution is 2.25. The number of ether oxygens (including phenoxy) is 1. The van der Waals surface area contributed by atoms with E-state index in [1.807, 2.05) is 26.0 Å². The second kappa shape index (κ2) is 12.6. The van der Waals surface area contributed by atoms with Crippen LogP contribution < -0.4 is 16.4 Å². The van der Waals surface area contributed by atoms with E-state index in [1.54, 1.807) is 57.2 Å². The molecule has 0 heterocycles. The third-order valence-electron chi connectivity index (χ3n) is 5.35. The van der Waals surface area contributed by atoms with E-state index in [0.717, 1.165) is 16.0 Å². The number of carbonyl (C=O) groups excluding carboxylic acids is 4. The number of aryl methyl sites for hydroxylation is 2. The van der Waals surface area contributed by atoms with E-state index in [-0.39, 0.29) is 12.8 Å². The van der Waals surface area contributed by atoms with Crippen molar-refractivity contribution in [2.75, 3.05) is 5.32 Å². The fourth-order valence-corrected chi connectivity index (χ4v) is 3.51. The van der Waals surface area contributed by atoms with Crippen molar-refractivity contribution in [3.05, 3.63) is 65.2 Å². The quantitative estimate of drug-likeness (QED) is 0.354. The van der Waals surface area contributed by atoms with Gasteiger partial charge in [0, 0.05) is 18.2 Å². The Morgan fingerprint density at radius 3 is 2.22 bits per heavy atom. The Labute approximate surface area is 217 Å². The Hall–Kier alpha value is -4.32. The van der Waals surface area contributed by atoms with Gasteiger partial charge in [0.2, 0.25) is 5.91 Å². The third-order valence-corrected chi connectivity index (χ3v) is 5.35. The normalized spacial score (nSPS) is 12.4. The molecule has 2 aromatic rings. The summed E-state index contributed by atoms with van der Waals surface area (Å²) in [5.41, 5.74) is 7.26. The molecule has 0 fully saturated rings. The number of benzene rings is 2. The maximum atomic E-state index is 13.7. The van der Waals surface area contributed by atoms with E-state index in [0.29, 0.717) is 11.3 Å². The lowest BCUT2D eigenvalue weighted by molar-refractivity contribution is -0.137.